The molecule has 1 aromatic carbocycles. The molecule has 0 bridgehead atoms. The summed E-state index contributed by atoms with van der Waals surface area (Å²) in [6.45, 7) is 0.502. The SMILES string of the molecule is NCC(CCl)COc1ccncc1NC(=O)c1nc(-c2c(F)cccc2F)c(F)cc1N. The number of carbonyl (C=O) groups is 1. The van der Waals surface area contributed by atoms with Gasteiger partial charge in [-0.15, -0.1) is 11.6 Å². The van der Waals surface area contributed by atoms with E-state index in [1.165, 1.54) is 18.5 Å². The molecule has 1 unspecified atom stereocenters. The van der Waals surface area contributed by atoms with E-state index in [4.69, 9.17) is 27.8 Å². The molecule has 1 amide bonds. The van der Waals surface area contributed by atoms with Gasteiger partial charge >= 0.3 is 0 Å². The molecule has 0 aliphatic heterocycles. The number of ether oxygens (including phenoxy) is 1. The Morgan fingerprint density at radius 2 is 1.91 bits per heavy atom. The van der Waals surface area contributed by atoms with Crippen molar-refractivity contribution in [3.05, 3.63) is 65.9 Å². The summed E-state index contributed by atoms with van der Waals surface area (Å²) in [6, 6.07) is 5.31. The van der Waals surface area contributed by atoms with Gasteiger partial charge in [-0.2, -0.15) is 0 Å². The highest BCUT2D eigenvalue weighted by molar-refractivity contribution is 6.18. The monoisotopic (exact) mass is 465 g/mol. The average Bonchev–Trinajstić information content (AvgIpc) is 2.76. The Morgan fingerprint density at radius 1 is 1.19 bits per heavy atom. The van der Waals surface area contributed by atoms with Crippen molar-refractivity contribution in [1.29, 1.82) is 0 Å². The van der Waals surface area contributed by atoms with Crippen molar-refractivity contribution in [3.8, 4) is 17.0 Å². The second-order valence-corrected chi connectivity index (χ2v) is 7.05. The molecule has 32 heavy (non-hydrogen) atoms. The molecule has 0 aliphatic carbocycles. The lowest BCUT2D eigenvalue weighted by Crippen LogP contribution is -2.23. The Hall–Kier alpha value is -3.37. The van der Waals surface area contributed by atoms with Crippen molar-refractivity contribution < 1.29 is 22.7 Å². The molecule has 0 spiro atoms. The van der Waals surface area contributed by atoms with Gasteiger partial charge < -0.3 is 21.5 Å². The molecular weight excluding hydrogens is 447 g/mol. The molecule has 0 radical (unpaired) electrons. The third-order valence-electron chi connectivity index (χ3n) is 4.48. The number of halogens is 4. The smallest absolute Gasteiger partial charge is 0.276 e. The first-order valence-electron chi connectivity index (χ1n) is 9.40. The molecule has 0 saturated heterocycles. The van der Waals surface area contributed by atoms with E-state index in [0.29, 0.717) is 6.54 Å². The molecule has 168 valence electrons. The minimum atomic E-state index is -1.08. The third-order valence-corrected chi connectivity index (χ3v) is 4.91. The van der Waals surface area contributed by atoms with Crippen LogP contribution in [0.2, 0.25) is 0 Å². The number of nitrogens with one attached hydrogen (secondary N) is 1. The maximum Gasteiger partial charge on any atom is 0.276 e. The number of amides is 1. The van der Waals surface area contributed by atoms with Crippen LogP contribution in [0.3, 0.4) is 0 Å². The average molecular weight is 466 g/mol. The molecular formula is C21H19ClF3N5O2. The number of hydrogen-bond donors (Lipinski definition) is 3. The van der Waals surface area contributed by atoms with Crippen LogP contribution in [0, 0.1) is 23.4 Å². The molecule has 2 heterocycles. The van der Waals surface area contributed by atoms with Crippen molar-refractivity contribution in [2.75, 3.05) is 30.1 Å². The summed E-state index contributed by atoms with van der Waals surface area (Å²) in [7, 11) is 0. The first kappa shape index (κ1) is 23.3. The van der Waals surface area contributed by atoms with Crippen molar-refractivity contribution in [2.24, 2.45) is 11.7 Å². The van der Waals surface area contributed by atoms with Gasteiger partial charge in [0.15, 0.2) is 11.5 Å². The molecule has 7 nitrogen and oxygen atoms in total. The van der Waals surface area contributed by atoms with E-state index in [9.17, 15) is 18.0 Å². The van der Waals surface area contributed by atoms with Gasteiger partial charge in [-0.25, -0.2) is 18.2 Å². The fourth-order valence-electron chi connectivity index (χ4n) is 2.75. The van der Waals surface area contributed by atoms with Gasteiger partial charge in [-0.05, 0) is 18.7 Å². The van der Waals surface area contributed by atoms with E-state index in [-0.39, 0.29) is 35.5 Å². The zero-order chi connectivity index (χ0) is 23.3. The molecule has 3 rings (SSSR count). The largest absolute Gasteiger partial charge is 0.491 e. The Kier molecular flexibility index (Phi) is 7.49. The fraction of sp³-hybridized carbons (Fsp3) is 0.190. The molecule has 2 aromatic heterocycles. The quantitative estimate of drug-likeness (QED) is 0.438. The number of benzene rings is 1. The Labute approximate surface area is 186 Å². The van der Waals surface area contributed by atoms with Crippen LogP contribution >= 0.6 is 11.6 Å². The third kappa shape index (κ3) is 5.09. The van der Waals surface area contributed by atoms with Gasteiger partial charge in [0.1, 0.15) is 28.8 Å². The molecule has 5 N–H and O–H groups in total. The lowest BCUT2D eigenvalue weighted by molar-refractivity contribution is 0.102. The second kappa shape index (κ2) is 10.3. The minimum Gasteiger partial charge on any atom is -0.491 e. The number of nitrogens with zero attached hydrogens (tertiary/aromatic N) is 2. The number of nitrogen functional groups attached to an aromatic ring is 1. The molecule has 1 atom stereocenters. The summed E-state index contributed by atoms with van der Waals surface area (Å²) in [5.74, 6) is -3.56. The second-order valence-electron chi connectivity index (χ2n) is 6.75. The fourth-order valence-corrected chi connectivity index (χ4v) is 2.97. The lowest BCUT2D eigenvalue weighted by atomic mass is 10.1. The van der Waals surface area contributed by atoms with Gasteiger partial charge in [0.05, 0.1) is 24.1 Å². The maximum atomic E-state index is 14.4. The van der Waals surface area contributed by atoms with E-state index in [0.717, 1.165) is 24.3 Å². The molecule has 11 heteroatoms. The highest BCUT2D eigenvalue weighted by atomic mass is 35.5. The first-order valence-corrected chi connectivity index (χ1v) is 9.93. The van der Waals surface area contributed by atoms with E-state index in [1.807, 2.05) is 0 Å². The minimum absolute atomic E-state index is 0.110. The van der Waals surface area contributed by atoms with Crippen LogP contribution in [0.4, 0.5) is 24.5 Å². The zero-order valence-electron chi connectivity index (χ0n) is 16.6. The maximum absolute atomic E-state index is 14.4. The van der Waals surface area contributed by atoms with Gasteiger partial charge in [-0.1, -0.05) is 6.07 Å². The number of carbonyl (C=O) groups excluding carboxylic acids is 1. The van der Waals surface area contributed by atoms with E-state index in [1.54, 1.807) is 0 Å². The van der Waals surface area contributed by atoms with Crippen LogP contribution in [0.15, 0.2) is 42.7 Å². The zero-order valence-corrected chi connectivity index (χ0v) is 17.4. The standard InChI is InChI=1S/C21H19ClF3N5O2/c22-7-11(8-26)10-32-17-4-5-28-9-16(17)29-21(31)20-15(27)6-14(25)19(30-20)18-12(23)2-1-3-13(18)24/h1-6,9,11H,7-8,10,26-27H2,(H,29,31). The number of pyridine rings is 2. The Bertz CT molecular complexity index is 1110. The van der Waals surface area contributed by atoms with Crippen LogP contribution in [-0.4, -0.2) is 34.9 Å². The van der Waals surface area contributed by atoms with Crippen LogP contribution < -0.4 is 21.5 Å². The highest BCUT2D eigenvalue weighted by Gasteiger charge is 2.22. The van der Waals surface area contributed by atoms with Crippen molar-refractivity contribution in [3.63, 3.8) is 0 Å². The van der Waals surface area contributed by atoms with Gasteiger partial charge in [0.25, 0.3) is 5.91 Å². The normalized spacial score (nSPS) is 11.8. The van der Waals surface area contributed by atoms with Crippen LogP contribution in [-0.2, 0) is 0 Å². The van der Waals surface area contributed by atoms with Crippen molar-refractivity contribution in [1.82, 2.24) is 9.97 Å². The van der Waals surface area contributed by atoms with E-state index < -0.39 is 40.3 Å². The molecule has 0 fully saturated rings. The topological polar surface area (TPSA) is 116 Å². The number of rotatable bonds is 8. The lowest BCUT2D eigenvalue weighted by Gasteiger charge is -2.16. The molecule has 0 saturated carbocycles. The highest BCUT2D eigenvalue weighted by Crippen LogP contribution is 2.30. The number of nitrogens with two attached hydrogens (primary N) is 2. The Morgan fingerprint density at radius 3 is 2.56 bits per heavy atom. The van der Waals surface area contributed by atoms with Crippen molar-refractivity contribution >= 4 is 28.9 Å². The summed E-state index contributed by atoms with van der Waals surface area (Å²) in [5, 5.41) is 2.51. The number of alkyl halides is 1. The van der Waals surface area contributed by atoms with Crippen LogP contribution in [0.25, 0.3) is 11.3 Å². The predicted octanol–water partition coefficient (Wildman–Crippen LogP) is 3.59. The van der Waals surface area contributed by atoms with Crippen LogP contribution in [0.1, 0.15) is 10.5 Å². The molecule has 0 aliphatic rings. The van der Waals surface area contributed by atoms with E-state index in [2.05, 4.69) is 15.3 Å². The first-order chi connectivity index (χ1) is 15.3. The summed E-state index contributed by atoms with van der Waals surface area (Å²) in [6.07, 6.45) is 2.77. The predicted molar refractivity (Wildman–Crippen MR) is 115 cm³/mol. The van der Waals surface area contributed by atoms with Crippen molar-refractivity contribution in [2.45, 2.75) is 0 Å². The number of anilines is 2. The summed E-state index contributed by atoms with van der Waals surface area (Å²) < 4.78 is 48.3. The Balaban J connectivity index is 1.91. The summed E-state index contributed by atoms with van der Waals surface area (Å²) in [4.78, 5) is 20.5. The van der Waals surface area contributed by atoms with Gasteiger partial charge in [-0.3, -0.25) is 9.78 Å². The number of hydrogen-bond acceptors (Lipinski definition) is 6. The van der Waals surface area contributed by atoms with Gasteiger partial charge in [0.2, 0.25) is 0 Å². The van der Waals surface area contributed by atoms with E-state index >= 15 is 0 Å². The number of aromatic nitrogens is 2. The molecule has 3 aromatic rings. The van der Waals surface area contributed by atoms with Gasteiger partial charge in [0, 0.05) is 30.1 Å². The van der Waals surface area contributed by atoms with Crippen LogP contribution in [0.5, 0.6) is 5.75 Å². The summed E-state index contributed by atoms with van der Waals surface area (Å²) >= 11 is 5.81. The summed E-state index contributed by atoms with van der Waals surface area (Å²) in [5.41, 5.74) is 9.37.